The van der Waals surface area contributed by atoms with Crippen LogP contribution < -0.4 is 10.6 Å². The average Bonchev–Trinajstić information content (AvgIpc) is 3.07. The summed E-state index contributed by atoms with van der Waals surface area (Å²) in [5.41, 5.74) is 4.48. The molecule has 1 aromatic heterocycles. The van der Waals surface area contributed by atoms with Crippen LogP contribution in [-0.2, 0) is 16.1 Å². The normalized spacial score (nSPS) is 14.4. The lowest BCUT2D eigenvalue weighted by atomic mass is 9.94. The number of nitrogens with one attached hydrogen (secondary N) is 2. The molecule has 1 saturated heterocycles. The summed E-state index contributed by atoms with van der Waals surface area (Å²) >= 11 is 0. The van der Waals surface area contributed by atoms with E-state index in [0.717, 1.165) is 39.7 Å². The number of rotatable bonds is 10. The Morgan fingerprint density at radius 1 is 0.872 bits per heavy atom. The van der Waals surface area contributed by atoms with E-state index in [4.69, 9.17) is 9.72 Å². The number of nitrogens with zero attached hydrogens (tertiary/aromatic N) is 3. The molecule has 246 valence electrons. The van der Waals surface area contributed by atoms with Crippen molar-refractivity contribution in [2.45, 2.75) is 58.7 Å². The minimum Gasteiger partial charge on any atom is -0.444 e. The highest BCUT2D eigenvalue weighted by Crippen LogP contribution is 2.32. The Morgan fingerprint density at radius 3 is 2.17 bits per heavy atom. The topological polar surface area (TPSA) is 104 Å². The maximum atomic E-state index is 14.4. The fraction of sp³-hybridized carbons (Fsp3) is 0.368. The van der Waals surface area contributed by atoms with Gasteiger partial charge in [0.2, 0.25) is 5.91 Å². The van der Waals surface area contributed by atoms with Gasteiger partial charge < -0.3 is 20.3 Å². The molecule has 2 heterocycles. The zero-order valence-electron chi connectivity index (χ0n) is 27.8. The van der Waals surface area contributed by atoms with Gasteiger partial charge in [0.05, 0.1) is 22.8 Å². The smallest absolute Gasteiger partial charge is 0.407 e. The molecule has 2 N–H and O–H groups in total. The van der Waals surface area contributed by atoms with Crippen molar-refractivity contribution in [3.63, 3.8) is 0 Å². The van der Waals surface area contributed by atoms with Crippen LogP contribution in [0.25, 0.3) is 22.2 Å². The molecule has 3 aromatic carbocycles. The molecule has 1 atom stereocenters. The monoisotopic (exact) mass is 635 g/mol. The van der Waals surface area contributed by atoms with E-state index in [1.165, 1.54) is 0 Å². The van der Waals surface area contributed by atoms with Gasteiger partial charge in [0.25, 0.3) is 5.91 Å². The molecule has 0 spiro atoms. The number of benzene rings is 3. The lowest BCUT2D eigenvalue weighted by Crippen LogP contribution is -2.49. The van der Waals surface area contributed by atoms with Gasteiger partial charge in [0.1, 0.15) is 5.60 Å². The second kappa shape index (κ2) is 15.2. The number of fused-ring (bicyclic) bond motifs is 1. The van der Waals surface area contributed by atoms with Crippen molar-refractivity contribution in [3.05, 3.63) is 102 Å². The predicted molar refractivity (Wildman–Crippen MR) is 185 cm³/mol. The zero-order valence-corrected chi connectivity index (χ0v) is 27.8. The van der Waals surface area contributed by atoms with Gasteiger partial charge in [0, 0.05) is 62.2 Å². The first-order chi connectivity index (χ1) is 22.6. The van der Waals surface area contributed by atoms with Gasteiger partial charge >= 0.3 is 6.09 Å². The molecule has 0 saturated carbocycles. The molecule has 0 aliphatic carbocycles. The third kappa shape index (κ3) is 8.74. The summed E-state index contributed by atoms with van der Waals surface area (Å²) in [4.78, 5) is 48.5. The van der Waals surface area contributed by atoms with E-state index in [1.807, 2.05) is 89.8 Å². The van der Waals surface area contributed by atoms with E-state index in [0.29, 0.717) is 38.3 Å². The maximum absolute atomic E-state index is 14.4. The molecular weight excluding hydrogens is 590 g/mol. The first kappa shape index (κ1) is 33.6. The van der Waals surface area contributed by atoms with Crippen LogP contribution in [0.15, 0.2) is 84.9 Å². The second-order valence-electron chi connectivity index (χ2n) is 12.9. The van der Waals surface area contributed by atoms with E-state index in [-0.39, 0.29) is 30.8 Å². The van der Waals surface area contributed by atoms with Gasteiger partial charge in [-0.1, -0.05) is 85.8 Å². The lowest BCUT2D eigenvalue weighted by Gasteiger charge is -2.35. The number of ether oxygens (including phenoxy) is 1. The summed E-state index contributed by atoms with van der Waals surface area (Å²) in [6.45, 7) is 10.6. The first-order valence-electron chi connectivity index (χ1n) is 16.4. The summed E-state index contributed by atoms with van der Waals surface area (Å²) in [5.74, 6) is -0.137. The highest BCUT2D eigenvalue weighted by atomic mass is 16.6. The third-order valence-corrected chi connectivity index (χ3v) is 8.30. The molecule has 0 radical (unpaired) electrons. The minimum absolute atomic E-state index is 0.00959. The Balaban J connectivity index is 1.38. The van der Waals surface area contributed by atoms with E-state index >= 15 is 0 Å². The predicted octanol–water partition coefficient (Wildman–Crippen LogP) is 6.34. The van der Waals surface area contributed by atoms with Crippen LogP contribution in [0.2, 0.25) is 0 Å². The van der Waals surface area contributed by atoms with Crippen molar-refractivity contribution >= 4 is 28.8 Å². The number of para-hydroxylation sites is 1. The Hall–Kier alpha value is -4.76. The number of pyridine rings is 1. The Kier molecular flexibility index (Phi) is 10.9. The number of carbonyl (C=O) groups excluding carboxylic acids is 3. The average molecular weight is 636 g/mol. The maximum Gasteiger partial charge on any atom is 0.407 e. The van der Waals surface area contributed by atoms with Gasteiger partial charge in [-0.25, -0.2) is 9.78 Å². The van der Waals surface area contributed by atoms with E-state index in [1.54, 1.807) is 20.8 Å². The third-order valence-electron chi connectivity index (χ3n) is 8.30. The minimum atomic E-state index is -0.592. The van der Waals surface area contributed by atoms with Crippen LogP contribution in [-0.4, -0.2) is 71.0 Å². The molecule has 1 fully saturated rings. The standard InChI is InChI=1S/C38H45N5O4/c1-5-31(27-14-8-6-9-15-27)41-36(45)34-29-18-12-13-19-32(29)40-35(28-16-10-7-11-17-28)30(34)26-42-22-24-43(25-23-42)33(44)20-21-39-37(46)47-38(2,3)4/h6-19,31H,5,20-26H2,1-4H3,(H,39,46)(H,41,45)/t31-/m0/s1. The molecule has 1 aliphatic rings. The van der Waals surface area contributed by atoms with Crippen molar-refractivity contribution in [1.82, 2.24) is 25.4 Å². The van der Waals surface area contributed by atoms with Crippen molar-refractivity contribution < 1.29 is 19.1 Å². The number of hydrogen-bond donors (Lipinski definition) is 2. The Bertz CT molecular complexity index is 1680. The van der Waals surface area contributed by atoms with Gasteiger partial charge in [-0.3, -0.25) is 14.5 Å². The SMILES string of the molecule is CC[C@H](NC(=O)c1c(CN2CCN(C(=O)CCNC(=O)OC(C)(C)C)CC2)c(-c2ccccc2)nc2ccccc12)c1ccccc1. The van der Waals surface area contributed by atoms with Crippen LogP contribution in [0, 0.1) is 0 Å². The fourth-order valence-electron chi connectivity index (χ4n) is 5.96. The highest BCUT2D eigenvalue weighted by Gasteiger charge is 2.27. The number of aromatic nitrogens is 1. The molecule has 0 unspecified atom stereocenters. The van der Waals surface area contributed by atoms with Crippen molar-refractivity contribution in [2.24, 2.45) is 0 Å². The summed E-state index contributed by atoms with van der Waals surface area (Å²) in [6, 6.07) is 27.8. The van der Waals surface area contributed by atoms with E-state index < -0.39 is 11.7 Å². The number of amides is 3. The van der Waals surface area contributed by atoms with Gasteiger partial charge in [-0.2, -0.15) is 0 Å². The van der Waals surface area contributed by atoms with Crippen molar-refractivity contribution in [3.8, 4) is 11.3 Å². The Morgan fingerprint density at radius 2 is 1.51 bits per heavy atom. The molecular formula is C38H45N5O4. The quantitative estimate of drug-likeness (QED) is 0.211. The number of carbonyl (C=O) groups is 3. The Labute approximate surface area is 277 Å². The van der Waals surface area contributed by atoms with Gasteiger partial charge in [-0.15, -0.1) is 0 Å². The van der Waals surface area contributed by atoms with Crippen molar-refractivity contribution in [2.75, 3.05) is 32.7 Å². The molecule has 9 heteroatoms. The number of alkyl carbamates (subject to hydrolysis) is 1. The largest absolute Gasteiger partial charge is 0.444 e. The summed E-state index contributed by atoms with van der Waals surface area (Å²) in [6.07, 6.45) is 0.432. The highest BCUT2D eigenvalue weighted by molar-refractivity contribution is 6.09. The number of piperazine rings is 1. The summed E-state index contributed by atoms with van der Waals surface area (Å²) in [7, 11) is 0. The van der Waals surface area contributed by atoms with Crippen LogP contribution in [0.4, 0.5) is 4.79 Å². The van der Waals surface area contributed by atoms with Crippen LogP contribution in [0.3, 0.4) is 0 Å². The summed E-state index contributed by atoms with van der Waals surface area (Å²) < 4.78 is 5.27. The fourth-order valence-corrected chi connectivity index (χ4v) is 5.96. The molecule has 9 nitrogen and oxygen atoms in total. The van der Waals surface area contributed by atoms with Crippen molar-refractivity contribution in [1.29, 1.82) is 0 Å². The molecule has 0 bridgehead atoms. The molecule has 4 aromatic rings. The molecule has 5 rings (SSSR count). The first-order valence-corrected chi connectivity index (χ1v) is 16.4. The molecule has 3 amide bonds. The van der Waals surface area contributed by atoms with Crippen LogP contribution in [0.1, 0.15) is 68.1 Å². The van der Waals surface area contributed by atoms with Crippen LogP contribution in [0.5, 0.6) is 0 Å². The van der Waals surface area contributed by atoms with E-state index in [9.17, 15) is 14.4 Å². The lowest BCUT2D eigenvalue weighted by molar-refractivity contribution is -0.132. The van der Waals surface area contributed by atoms with Crippen LogP contribution >= 0.6 is 0 Å². The van der Waals surface area contributed by atoms with E-state index in [2.05, 4.69) is 22.5 Å². The van der Waals surface area contributed by atoms with Gasteiger partial charge in [0.15, 0.2) is 0 Å². The second-order valence-corrected chi connectivity index (χ2v) is 12.9. The zero-order chi connectivity index (χ0) is 33.4. The molecule has 1 aliphatic heterocycles. The number of hydrogen-bond acceptors (Lipinski definition) is 6. The van der Waals surface area contributed by atoms with Gasteiger partial charge in [-0.05, 0) is 38.8 Å². The molecule has 47 heavy (non-hydrogen) atoms. The summed E-state index contributed by atoms with van der Waals surface area (Å²) in [5, 5.41) is 6.81.